The molecule has 4 nitrogen and oxygen atoms in total. The average molecular weight is 374 g/mol. The third kappa shape index (κ3) is 3.83. The second-order valence-electron chi connectivity index (χ2n) is 5.44. The molecule has 0 aliphatic carbocycles. The van der Waals surface area contributed by atoms with Crippen molar-refractivity contribution in [1.82, 2.24) is 5.32 Å². The molecule has 2 aromatic carbocycles. The molecule has 1 heterocycles. The summed E-state index contributed by atoms with van der Waals surface area (Å²) in [5.74, 6) is -0.531. The third-order valence-electron chi connectivity index (χ3n) is 3.82. The molecule has 0 saturated carbocycles. The van der Waals surface area contributed by atoms with Crippen molar-refractivity contribution in [2.45, 2.75) is 6.42 Å². The lowest BCUT2D eigenvalue weighted by Crippen LogP contribution is -2.25. The van der Waals surface area contributed by atoms with Gasteiger partial charge in [-0.2, -0.15) is 0 Å². The molecule has 1 aromatic heterocycles. The van der Waals surface area contributed by atoms with Crippen LogP contribution in [0.25, 0.3) is 10.1 Å². The van der Waals surface area contributed by atoms with Gasteiger partial charge < -0.3 is 10.1 Å². The van der Waals surface area contributed by atoms with Gasteiger partial charge in [0.1, 0.15) is 4.88 Å². The van der Waals surface area contributed by atoms with E-state index in [4.69, 9.17) is 11.6 Å². The zero-order valence-electron chi connectivity index (χ0n) is 13.5. The Bertz CT molecular complexity index is 918. The van der Waals surface area contributed by atoms with Crippen LogP contribution in [0.5, 0.6) is 0 Å². The molecule has 3 aromatic rings. The molecule has 0 radical (unpaired) electrons. The van der Waals surface area contributed by atoms with E-state index in [0.717, 1.165) is 15.6 Å². The van der Waals surface area contributed by atoms with Gasteiger partial charge in [-0.15, -0.1) is 11.3 Å². The maximum absolute atomic E-state index is 12.4. The topological polar surface area (TPSA) is 55.4 Å². The summed E-state index contributed by atoms with van der Waals surface area (Å²) < 4.78 is 5.66. The SMILES string of the molecule is COC(=O)c1ccc(CCNC(=O)c2sc3ccccc3c2Cl)cc1. The van der Waals surface area contributed by atoms with Gasteiger partial charge in [0.05, 0.1) is 17.7 Å². The quantitative estimate of drug-likeness (QED) is 0.678. The van der Waals surface area contributed by atoms with Crippen molar-refractivity contribution < 1.29 is 14.3 Å². The highest BCUT2D eigenvalue weighted by atomic mass is 35.5. The number of carbonyl (C=O) groups excluding carboxylic acids is 2. The van der Waals surface area contributed by atoms with E-state index < -0.39 is 0 Å². The van der Waals surface area contributed by atoms with Crippen LogP contribution >= 0.6 is 22.9 Å². The normalized spacial score (nSPS) is 10.6. The number of ether oxygens (including phenoxy) is 1. The maximum Gasteiger partial charge on any atom is 0.337 e. The van der Waals surface area contributed by atoms with Crippen LogP contribution in [0, 0.1) is 0 Å². The minimum Gasteiger partial charge on any atom is -0.465 e. The molecule has 0 spiro atoms. The van der Waals surface area contributed by atoms with Crippen LogP contribution < -0.4 is 5.32 Å². The van der Waals surface area contributed by atoms with Crippen LogP contribution in [0.3, 0.4) is 0 Å². The van der Waals surface area contributed by atoms with Crippen molar-refractivity contribution in [2.24, 2.45) is 0 Å². The smallest absolute Gasteiger partial charge is 0.337 e. The van der Waals surface area contributed by atoms with E-state index >= 15 is 0 Å². The number of esters is 1. The largest absolute Gasteiger partial charge is 0.465 e. The fraction of sp³-hybridized carbons (Fsp3) is 0.158. The Hall–Kier alpha value is -2.37. The Labute approximate surface area is 154 Å². The highest BCUT2D eigenvalue weighted by Gasteiger charge is 2.16. The van der Waals surface area contributed by atoms with Gasteiger partial charge in [0.2, 0.25) is 0 Å². The molecule has 0 aliphatic rings. The van der Waals surface area contributed by atoms with Gasteiger partial charge in [-0.05, 0) is 30.2 Å². The van der Waals surface area contributed by atoms with Crippen LogP contribution in [0.4, 0.5) is 0 Å². The van der Waals surface area contributed by atoms with Gasteiger partial charge in [-0.1, -0.05) is 41.9 Å². The van der Waals surface area contributed by atoms with E-state index in [9.17, 15) is 9.59 Å². The first kappa shape index (κ1) is 17.5. The number of benzene rings is 2. The van der Waals surface area contributed by atoms with Gasteiger partial charge in [0.25, 0.3) is 5.91 Å². The number of halogens is 1. The Morgan fingerprint density at radius 1 is 1.12 bits per heavy atom. The molecule has 6 heteroatoms. The van der Waals surface area contributed by atoms with Gasteiger partial charge in [-0.3, -0.25) is 4.79 Å². The number of fused-ring (bicyclic) bond motifs is 1. The summed E-state index contributed by atoms with van der Waals surface area (Å²) in [5.41, 5.74) is 1.53. The number of hydrogen-bond acceptors (Lipinski definition) is 4. The number of carbonyl (C=O) groups is 2. The van der Waals surface area contributed by atoms with Crippen molar-refractivity contribution in [3.8, 4) is 0 Å². The highest BCUT2D eigenvalue weighted by molar-refractivity contribution is 7.21. The second-order valence-corrected chi connectivity index (χ2v) is 6.87. The van der Waals surface area contributed by atoms with Crippen LogP contribution in [0.15, 0.2) is 48.5 Å². The molecular weight excluding hydrogens is 358 g/mol. The van der Waals surface area contributed by atoms with Gasteiger partial charge >= 0.3 is 5.97 Å². The first-order valence-electron chi connectivity index (χ1n) is 7.72. The number of hydrogen-bond donors (Lipinski definition) is 1. The number of thiophene rings is 1. The third-order valence-corrected chi connectivity index (χ3v) is 5.49. The second kappa shape index (κ2) is 7.68. The van der Waals surface area contributed by atoms with E-state index in [2.05, 4.69) is 10.1 Å². The van der Waals surface area contributed by atoms with E-state index in [-0.39, 0.29) is 11.9 Å². The van der Waals surface area contributed by atoms with E-state index in [0.29, 0.717) is 28.4 Å². The van der Waals surface area contributed by atoms with Crippen LogP contribution in [-0.2, 0) is 11.2 Å². The van der Waals surface area contributed by atoms with E-state index in [1.807, 2.05) is 36.4 Å². The number of methoxy groups -OCH3 is 1. The molecule has 128 valence electrons. The molecular formula is C19H16ClNO3S. The van der Waals surface area contributed by atoms with Crippen molar-refractivity contribution in [2.75, 3.05) is 13.7 Å². The van der Waals surface area contributed by atoms with E-state index in [1.165, 1.54) is 18.4 Å². The highest BCUT2D eigenvalue weighted by Crippen LogP contribution is 2.34. The van der Waals surface area contributed by atoms with Crippen molar-refractivity contribution >= 4 is 44.9 Å². The molecule has 0 saturated heterocycles. The number of rotatable bonds is 5. The Morgan fingerprint density at radius 3 is 2.52 bits per heavy atom. The van der Waals surface area contributed by atoms with Crippen LogP contribution in [0.1, 0.15) is 25.6 Å². The molecule has 25 heavy (non-hydrogen) atoms. The zero-order chi connectivity index (χ0) is 17.8. The first-order chi connectivity index (χ1) is 12.1. The molecule has 0 fully saturated rings. The molecule has 0 bridgehead atoms. The summed E-state index contributed by atoms with van der Waals surface area (Å²) in [7, 11) is 1.35. The summed E-state index contributed by atoms with van der Waals surface area (Å²) in [5, 5.41) is 4.29. The lowest BCUT2D eigenvalue weighted by atomic mass is 10.1. The summed E-state index contributed by atoms with van der Waals surface area (Å²) >= 11 is 7.71. The molecule has 0 aliphatic heterocycles. The van der Waals surface area contributed by atoms with Gasteiger partial charge in [0, 0.05) is 16.6 Å². The van der Waals surface area contributed by atoms with Crippen LogP contribution in [-0.4, -0.2) is 25.5 Å². The lowest BCUT2D eigenvalue weighted by molar-refractivity contribution is 0.0600. The average Bonchev–Trinajstić information content (AvgIpc) is 2.99. The summed E-state index contributed by atoms with van der Waals surface area (Å²) in [6, 6.07) is 14.8. The van der Waals surface area contributed by atoms with Gasteiger partial charge in [-0.25, -0.2) is 4.79 Å². The number of nitrogens with one attached hydrogen (secondary N) is 1. The Balaban J connectivity index is 1.60. The van der Waals surface area contributed by atoms with Gasteiger partial charge in [0.15, 0.2) is 0 Å². The van der Waals surface area contributed by atoms with Crippen LogP contribution in [0.2, 0.25) is 5.02 Å². The Kier molecular flexibility index (Phi) is 5.36. The number of amides is 1. The summed E-state index contributed by atoms with van der Waals surface area (Å²) in [4.78, 5) is 24.3. The summed E-state index contributed by atoms with van der Waals surface area (Å²) in [6.45, 7) is 0.487. The molecule has 0 unspecified atom stereocenters. The zero-order valence-corrected chi connectivity index (χ0v) is 15.1. The maximum atomic E-state index is 12.4. The van der Waals surface area contributed by atoms with Crippen molar-refractivity contribution in [3.05, 3.63) is 69.6 Å². The first-order valence-corrected chi connectivity index (χ1v) is 8.92. The molecule has 3 rings (SSSR count). The standard InChI is InChI=1S/C19H16ClNO3S/c1-24-19(23)13-8-6-12(7-9-13)10-11-21-18(22)17-16(20)14-4-2-3-5-15(14)25-17/h2-9H,10-11H2,1H3,(H,21,22). The monoisotopic (exact) mass is 373 g/mol. The van der Waals surface area contributed by atoms with E-state index in [1.54, 1.807) is 12.1 Å². The van der Waals surface area contributed by atoms with Crippen molar-refractivity contribution in [1.29, 1.82) is 0 Å². The lowest BCUT2D eigenvalue weighted by Gasteiger charge is -2.05. The predicted octanol–water partition coefficient (Wildman–Crippen LogP) is 4.31. The van der Waals surface area contributed by atoms with Crippen molar-refractivity contribution in [3.63, 3.8) is 0 Å². The minimum atomic E-state index is -0.362. The minimum absolute atomic E-state index is 0.169. The molecule has 0 atom stereocenters. The summed E-state index contributed by atoms with van der Waals surface area (Å²) in [6.07, 6.45) is 0.662. The predicted molar refractivity (Wildman–Crippen MR) is 101 cm³/mol. The fourth-order valence-electron chi connectivity index (χ4n) is 2.49. The fourth-order valence-corrected chi connectivity index (χ4v) is 3.92. The molecule has 1 N–H and O–H groups in total. The Morgan fingerprint density at radius 2 is 1.84 bits per heavy atom. The molecule has 1 amide bonds.